The second-order valence-corrected chi connectivity index (χ2v) is 8.54. The van der Waals surface area contributed by atoms with Gasteiger partial charge in [-0.05, 0) is 57.3 Å². The Balaban J connectivity index is 1.63. The number of nitrogens with two attached hydrogens (primary N) is 1. The van der Waals surface area contributed by atoms with Crippen molar-refractivity contribution in [3.63, 3.8) is 0 Å². The normalized spacial score (nSPS) is 21.5. The third-order valence-electron chi connectivity index (χ3n) is 6.42. The highest BCUT2D eigenvalue weighted by Crippen LogP contribution is 2.32. The molecule has 180 valence electrons. The molecule has 0 spiro atoms. The Labute approximate surface area is 194 Å². The minimum Gasteiger partial charge on any atom is -0.494 e. The zero-order valence-corrected chi connectivity index (χ0v) is 19.5. The third kappa shape index (κ3) is 5.62. The summed E-state index contributed by atoms with van der Waals surface area (Å²) in [6.45, 7) is 6.26. The quantitative estimate of drug-likeness (QED) is 0.616. The average Bonchev–Trinajstić information content (AvgIpc) is 3.11. The molecule has 2 aliphatic rings. The third-order valence-corrected chi connectivity index (χ3v) is 6.42. The Morgan fingerprint density at radius 1 is 1.24 bits per heavy atom. The van der Waals surface area contributed by atoms with E-state index in [1.807, 2.05) is 4.90 Å². The van der Waals surface area contributed by atoms with Gasteiger partial charge in [0.05, 0.1) is 19.8 Å². The molecule has 4 rings (SSSR count). The van der Waals surface area contributed by atoms with Gasteiger partial charge in [0.25, 0.3) is 0 Å². The summed E-state index contributed by atoms with van der Waals surface area (Å²) in [4.78, 5) is 17.8. The first-order chi connectivity index (χ1) is 16.1. The molecule has 0 saturated carbocycles. The molecule has 2 aromatic rings. The molecule has 3 heterocycles. The minimum atomic E-state index is -0.448. The lowest BCUT2D eigenvalue weighted by atomic mass is 10.1. The molecule has 0 radical (unpaired) electrons. The molecule has 2 atom stereocenters. The van der Waals surface area contributed by atoms with Gasteiger partial charge in [0.15, 0.2) is 11.6 Å². The van der Waals surface area contributed by atoms with Crippen LogP contribution in [0.25, 0.3) is 0 Å². The van der Waals surface area contributed by atoms with Crippen LogP contribution in [0, 0.1) is 5.82 Å². The summed E-state index contributed by atoms with van der Waals surface area (Å²) in [6.07, 6.45) is 5.20. The number of anilines is 4. The molecular formula is C23H34FN7O2. The van der Waals surface area contributed by atoms with Gasteiger partial charge in [-0.3, -0.25) is 4.90 Å². The van der Waals surface area contributed by atoms with Gasteiger partial charge >= 0.3 is 0 Å². The first-order valence-electron chi connectivity index (χ1n) is 11.8. The Morgan fingerprint density at radius 2 is 2.12 bits per heavy atom. The predicted octanol–water partition coefficient (Wildman–Crippen LogP) is 3.20. The van der Waals surface area contributed by atoms with E-state index in [2.05, 4.69) is 32.1 Å². The standard InChI is InChI=1S/C23H34FN7O2/c1-3-30-11-6-8-17(30)14-26-22-27-21(25)28-23(29-22)31(18-7-4-5-12-33-15-18)16-9-10-20(32-2)19(24)13-16/h9-10,13,17-18H,3-8,11-12,14-15H2,1-2H3,(H3,25,26,27,28,29). The molecule has 33 heavy (non-hydrogen) atoms. The van der Waals surface area contributed by atoms with Gasteiger partial charge in [0.1, 0.15) is 0 Å². The molecule has 2 fully saturated rings. The second-order valence-electron chi connectivity index (χ2n) is 8.54. The van der Waals surface area contributed by atoms with E-state index in [1.165, 1.54) is 19.6 Å². The molecule has 2 unspecified atom stereocenters. The van der Waals surface area contributed by atoms with Crippen molar-refractivity contribution in [1.29, 1.82) is 0 Å². The highest BCUT2D eigenvalue weighted by atomic mass is 19.1. The van der Waals surface area contributed by atoms with Crippen molar-refractivity contribution < 1.29 is 13.9 Å². The van der Waals surface area contributed by atoms with Gasteiger partial charge in [0.2, 0.25) is 17.8 Å². The maximum absolute atomic E-state index is 14.6. The van der Waals surface area contributed by atoms with Crippen molar-refractivity contribution in [3.05, 3.63) is 24.0 Å². The Hall–Kier alpha value is -2.72. The van der Waals surface area contributed by atoms with Gasteiger partial charge in [-0.25, -0.2) is 4.39 Å². The fraction of sp³-hybridized carbons (Fsp3) is 0.609. The number of hydrogen-bond acceptors (Lipinski definition) is 9. The molecule has 1 aromatic heterocycles. The van der Waals surface area contributed by atoms with E-state index >= 15 is 0 Å². The Kier molecular flexibility index (Phi) is 7.77. The lowest BCUT2D eigenvalue weighted by Crippen LogP contribution is -2.37. The first-order valence-corrected chi connectivity index (χ1v) is 11.8. The summed E-state index contributed by atoms with van der Waals surface area (Å²) < 4.78 is 25.5. The number of rotatable bonds is 8. The number of benzene rings is 1. The molecule has 0 bridgehead atoms. The summed E-state index contributed by atoms with van der Waals surface area (Å²) >= 11 is 0. The SMILES string of the molecule is CCN1CCCC1CNc1nc(N)nc(N(c2ccc(OC)c(F)c2)C2CCCCOC2)n1. The predicted molar refractivity (Wildman–Crippen MR) is 127 cm³/mol. The molecule has 3 N–H and O–H groups in total. The van der Waals surface area contributed by atoms with Gasteiger partial charge in [-0.15, -0.1) is 0 Å². The van der Waals surface area contributed by atoms with Crippen LogP contribution in [0.4, 0.5) is 27.9 Å². The topological polar surface area (TPSA) is 102 Å². The number of nitrogens with zero attached hydrogens (tertiary/aromatic N) is 5. The number of methoxy groups -OCH3 is 1. The molecule has 2 aliphatic heterocycles. The highest BCUT2D eigenvalue weighted by molar-refractivity contribution is 5.61. The molecule has 2 saturated heterocycles. The highest BCUT2D eigenvalue weighted by Gasteiger charge is 2.27. The number of likely N-dealkylation sites (N-methyl/N-ethyl adjacent to an activating group) is 1. The van der Waals surface area contributed by atoms with Gasteiger partial charge in [-0.1, -0.05) is 6.92 Å². The van der Waals surface area contributed by atoms with E-state index in [-0.39, 0.29) is 17.7 Å². The van der Waals surface area contributed by atoms with E-state index < -0.39 is 5.82 Å². The van der Waals surface area contributed by atoms with Crippen LogP contribution in [0.2, 0.25) is 0 Å². The molecular weight excluding hydrogens is 425 g/mol. The summed E-state index contributed by atoms with van der Waals surface area (Å²) in [5, 5.41) is 3.35. The van der Waals surface area contributed by atoms with Gasteiger partial charge < -0.3 is 25.4 Å². The van der Waals surface area contributed by atoms with E-state index in [4.69, 9.17) is 15.2 Å². The number of aromatic nitrogens is 3. The lowest BCUT2D eigenvalue weighted by molar-refractivity contribution is 0.134. The number of nitrogen functional groups attached to an aromatic ring is 1. The summed E-state index contributed by atoms with van der Waals surface area (Å²) in [5.74, 6) is 0.661. The fourth-order valence-corrected chi connectivity index (χ4v) is 4.70. The number of ether oxygens (including phenoxy) is 2. The summed E-state index contributed by atoms with van der Waals surface area (Å²) in [5.41, 5.74) is 6.70. The molecule has 0 amide bonds. The number of likely N-dealkylation sites (tertiary alicyclic amines) is 1. The number of nitrogens with one attached hydrogen (secondary N) is 1. The van der Waals surface area contributed by atoms with Crippen LogP contribution < -0.4 is 20.7 Å². The average molecular weight is 460 g/mol. The van der Waals surface area contributed by atoms with Crippen LogP contribution >= 0.6 is 0 Å². The summed E-state index contributed by atoms with van der Waals surface area (Å²) in [7, 11) is 1.45. The number of hydrogen-bond donors (Lipinski definition) is 2. The molecule has 9 nitrogen and oxygen atoms in total. The summed E-state index contributed by atoms with van der Waals surface area (Å²) in [6, 6.07) is 5.24. The van der Waals surface area contributed by atoms with Crippen molar-refractivity contribution in [2.24, 2.45) is 0 Å². The maximum atomic E-state index is 14.6. The monoisotopic (exact) mass is 459 g/mol. The lowest BCUT2D eigenvalue weighted by Gasteiger charge is -2.31. The van der Waals surface area contributed by atoms with Crippen molar-refractivity contribution in [2.75, 3.05) is 55.9 Å². The fourth-order valence-electron chi connectivity index (χ4n) is 4.70. The van der Waals surface area contributed by atoms with E-state index in [1.54, 1.807) is 12.1 Å². The molecule has 0 aliphatic carbocycles. The molecule has 1 aromatic carbocycles. The second kappa shape index (κ2) is 10.9. The van der Waals surface area contributed by atoms with Crippen molar-refractivity contribution >= 4 is 23.5 Å². The van der Waals surface area contributed by atoms with Crippen LogP contribution in [-0.2, 0) is 4.74 Å². The van der Waals surface area contributed by atoms with Crippen LogP contribution in [0.5, 0.6) is 5.75 Å². The zero-order valence-electron chi connectivity index (χ0n) is 19.5. The van der Waals surface area contributed by atoms with Crippen molar-refractivity contribution in [2.45, 2.75) is 51.1 Å². The van der Waals surface area contributed by atoms with Crippen molar-refractivity contribution in [1.82, 2.24) is 19.9 Å². The van der Waals surface area contributed by atoms with Crippen molar-refractivity contribution in [3.8, 4) is 5.75 Å². The van der Waals surface area contributed by atoms with E-state index in [0.29, 0.717) is 36.8 Å². The Morgan fingerprint density at radius 3 is 2.91 bits per heavy atom. The van der Waals surface area contributed by atoms with E-state index in [9.17, 15) is 4.39 Å². The van der Waals surface area contributed by atoms with Gasteiger partial charge in [-0.2, -0.15) is 15.0 Å². The molecule has 10 heteroatoms. The van der Waals surface area contributed by atoms with Crippen LogP contribution in [-0.4, -0.2) is 71.9 Å². The van der Waals surface area contributed by atoms with Crippen LogP contribution in [0.3, 0.4) is 0 Å². The number of halogens is 1. The Bertz CT molecular complexity index is 924. The largest absolute Gasteiger partial charge is 0.494 e. The van der Waals surface area contributed by atoms with Gasteiger partial charge in [0, 0.05) is 30.9 Å². The van der Waals surface area contributed by atoms with Crippen LogP contribution in [0.1, 0.15) is 39.0 Å². The zero-order chi connectivity index (χ0) is 23.2. The minimum absolute atomic E-state index is 0.0552. The smallest absolute Gasteiger partial charge is 0.236 e. The van der Waals surface area contributed by atoms with E-state index in [0.717, 1.165) is 45.3 Å². The first kappa shape index (κ1) is 23.4. The van der Waals surface area contributed by atoms with Crippen LogP contribution in [0.15, 0.2) is 18.2 Å². The maximum Gasteiger partial charge on any atom is 0.236 e.